The molecule has 3 nitrogen and oxygen atoms in total. The number of morpholine rings is 1. The molecular formula is C16H26N2OS. The summed E-state index contributed by atoms with van der Waals surface area (Å²) in [6, 6.07) is 9.72. The number of benzene rings is 1. The average Bonchev–Trinajstić information content (AvgIpc) is 2.45. The smallest absolute Gasteiger partial charge is 0.0896 e. The van der Waals surface area contributed by atoms with E-state index in [1.54, 1.807) is 11.8 Å². The summed E-state index contributed by atoms with van der Waals surface area (Å²) in [6.45, 7) is 7.06. The molecule has 1 aromatic carbocycles. The van der Waals surface area contributed by atoms with Crippen LogP contribution in [0.4, 0.5) is 0 Å². The van der Waals surface area contributed by atoms with E-state index in [1.807, 2.05) is 0 Å². The number of nitrogens with zero attached hydrogens (tertiary/aromatic N) is 1. The van der Waals surface area contributed by atoms with Gasteiger partial charge in [0, 0.05) is 24.0 Å². The lowest BCUT2D eigenvalue weighted by Crippen LogP contribution is -2.48. The van der Waals surface area contributed by atoms with Gasteiger partial charge >= 0.3 is 0 Å². The highest BCUT2D eigenvalue weighted by molar-refractivity contribution is 7.98. The Hall–Kier alpha value is -0.550. The third-order valence-corrected chi connectivity index (χ3v) is 4.53. The molecule has 2 unspecified atom stereocenters. The molecule has 4 heteroatoms. The van der Waals surface area contributed by atoms with Crippen LogP contribution in [0.25, 0.3) is 0 Å². The Kier molecular flexibility index (Phi) is 5.90. The van der Waals surface area contributed by atoms with Crippen LogP contribution in [0.2, 0.25) is 0 Å². The van der Waals surface area contributed by atoms with E-state index in [1.165, 1.54) is 10.5 Å². The lowest BCUT2D eigenvalue weighted by molar-refractivity contribution is -0.0620. The van der Waals surface area contributed by atoms with Gasteiger partial charge in [0.05, 0.1) is 18.8 Å². The molecule has 1 saturated heterocycles. The van der Waals surface area contributed by atoms with Crippen LogP contribution >= 0.6 is 11.8 Å². The number of thioether (sulfide) groups is 1. The molecule has 1 heterocycles. The number of rotatable bonds is 5. The SMILES string of the molecule is CSc1ccc(C2C(CNC(C)C)OCCN2C)cc1. The predicted molar refractivity (Wildman–Crippen MR) is 86.5 cm³/mol. The monoisotopic (exact) mass is 294 g/mol. The van der Waals surface area contributed by atoms with Crippen LogP contribution in [0.1, 0.15) is 25.5 Å². The van der Waals surface area contributed by atoms with Gasteiger partial charge in [-0.15, -0.1) is 11.8 Å². The fourth-order valence-corrected chi connectivity index (χ4v) is 3.06. The summed E-state index contributed by atoms with van der Waals surface area (Å²) in [7, 11) is 2.19. The summed E-state index contributed by atoms with van der Waals surface area (Å²) in [6.07, 6.45) is 2.33. The molecule has 0 radical (unpaired) electrons. The highest BCUT2D eigenvalue weighted by Gasteiger charge is 2.31. The Labute approximate surface area is 127 Å². The molecule has 0 aliphatic carbocycles. The first-order valence-electron chi connectivity index (χ1n) is 7.31. The van der Waals surface area contributed by atoms with E-state index in [9.17, 15) is 0 Å². The maximum absolute atomic E-state index is 6.01. The molecule has 0 spiro atoms. The average molecular weight is 294 g/mol. The van der Waals surface area contributed by atoms with Gasteiger partial charge in [-0.2, -0.15) is 0 Å². The molecular weight excluding hydrogens is 268 g/mol. The largest absolute Gasteiger partial charge is 0.374 e. The van der Waals surface area contributed by atoms with Gasteiger partial charge in [0.2, 0.25) is 0 Å². The zero-order valence-corrected chi connectivity index (χ0v) is 13.7. The van der Waals surface area contributed by atoms with Crippen molar-refractivity contribution in [3.8, 4) is 0 Å². The number of ether oxygens (including phenoxy) is 1. The Morgan fingerprint density at radius 2 is 2.05 bits per heavy atom. The van der Waals surface area contributed by atoms with Gasteiger partial charge < -0.3 is 10.1 Å². The van der Waals surface area contributed by atoms with Gasteiger partial charge in [0.25, 0.3) is 0 Å². The Morgan fingerprint density at radius 1 is 1.35 bits per heavy atom. The molecule has 0 bridgehead atoms. The van der Waals surface area contributed by atoms with Crippen molar-refractivity contribution in [1.29, 1.82) is 0 Å². The quantitative estimate of drug-likeness (QED) is 0.844. The summed E-state index contributed by atoms with van der Waals surface area (Å²) in [5, 5.41) is 3.50. The maximum atomic E-state index is 6.01. The predicted octanol–water partition coefficient (Wildman–Crippen LogP) is 2.78. The van der Waals surface area contributed by atoms with Crippen molar-refractivity contribution >= 4 is 11.8 Å². The highest BCUT2D eigenvalue weighted by Crippen LogP contribution is 2.29. The van der Waals surface area contributed by atoms with E-state index >= 15 is 0 Å². The molecule has 1 fully saturated rings. The summed E-state index contributed by atoms with van der Waals surface area (Å²) in [5.74, 6) is 0. The standard InChI is InChI=1S/C16H26N2OS/c1-12(2)17-11-15-16(18(3)9-10-19-15)13-5-7-14(20-4)8-6-13/h5-8,12,15-17H,9-11H2,1-4H3. The number of nitrogens with one attached hydrogen (secondary N) is 1. The van der Waals surface area contributed by atoms with Crippen molar-refractivity contribution in [1.82, 2.24) is 10.2 Å². The van der Waals surface area contributed by atoms with Crippen molar-refractivity contribution in [2.45, 2.75) is 36.9 Å². The minimum Gasteiger partial charge on any atom is -0.374 e. The van der Waals surface area contributed by atoms with Crippen LogP contribution in [0.3, 0.4) is 0 Å². The first-order valence-corrected chi connectivity index (χ1v) is 8.53. The molecule has 0 amide bonds. The fraction of sp³-hybridized carbons (Fsp3) is 0.625. The molecule has 0 saturated carbocycles. The van der Waals surface area contributed by atoms with E-state index in [4.69, 9.17) is 4.74 Å². The van der Waals surface area contributed by atoms with Crippen LogP contribution in [0, 0.1) is 0 Å². The lowest BCUT2D eigenvalue weighted by atomic mass is 9.98. The van der Waals surface area contributed by atoms with E-state index in [-0.39, 0.29) is 6.10 Å². The number of hydrogen-bond acceptors (Lipinski definition) is 4. The minimum atomic E-state index is 0.219. The van der Waals surface area contributed by atoms with Crippen molar-refractivity contribution in [2.75, 3.05) is 33.0 Å². The topological polar surface area (TPSA) is 24.5 Å². The van der Waals surface area contributed by atoms with E-state index in [0.717, 1.165) is 19.7 Å². The van der Waals surface area contributed by atoms with Gasteiger partial charge in [-0.1, -0.05) is 26.0 Å². The van der Waals surface area contributed by atoms with Crippen molar-refractivity contribution < 1.29 is 4.74 Å². The molecule has 0 aromatic heterocycles. The second-order valence-corrected chi connectivity index (χ2v) is 6.55. The summed E-state index contributed by atoms with van der Waals surface area (Å²) in [4.78, 5) is 3.72. The zero-order chi connectivity index (χ0) is 14.5. The van der Waals surface area contributed by atoms with Crippen LogP contribution in [0.5, 0.6) is 0 Å². The van der Waals surface area contributed by atoms with Crippen LogP contribution < -0.4 is 5.32 Å². The van der Waals surface area contributed by atoms with Crippen LogP contribution in [-0.2, 0) is 4.74 Å². The first kappa shape index (κ1) is 15.8. The minimum absolute atomic E-state index is 0.219. The maximum Gasteiger partial charge on any atom is 0.0896 e. The fourth-order valence-electron chi connectivity index (χ4n) is 2.65. The Morgan fingerprint density at radius 3 is 2.65 bits per heavy atom. The van der Waals surface area contributed by atoms with Crippen molar-refractivity contribution in [3.63, 3.8) is 0 Å². The Bertz CT molecular complexity index is 407. The second kappa shape index (κ2) is 7.46. The van der Waals surface area contributed by atoms with E-state index < -0.39 is 0 Å². The number of likely N-dealkylation sites (N-methyl/N-ethyl adjacent to an activating group) is 1. The van der Waals surface area contributed by atoms with Crippen molar-refractivity contribution in [2.24, 2.45) is 0 Å². The highest BCUT2D eigenvalue weighted by atomic mass is 32.2. The first-order chi connectivity index (χ1) is 9.61. The van der Waals surface area contributed by atoms with Gasteiger partial charge in [-0.25, -0.2) is 0 Å². The summed E-state index contributed by atoms with van der Waals surface area (Å²) < 4.78 is 6.01. The second-order valence-electron chi connectivity index (χ2n) is 5.67. The van der Waals surface area contributed by atoms with E-state index in [2.05, 4.69) is 61.6 Å². The normalized spacial score (nSPS) is 24.2. The number of hydrogen-bond donors (Lipinski definition) is 1. The molecule has 2 rings (SSSR count). The molecule has 1 aliphatic rings. The summed E-state index contributed by atoms with van der Waals surface area (Å²) >= 11 is 1.78. The Balaban J connectivity index is 2.13. The lowest BCUT2D eigenvalue weighted by Gasteiger charge is -2.40. The molecule has 1 aliphatic heterocycles. The van der Waals surface area contributed by atoms with Gasteiger partial charge in [0.15, 0.2) is 0 Å². The third-order valence-electron chi connectivity index (χ3n) is 3.79. The molecule has 20 heavy (non-hydrogen) atoms. The van der Waals surface area contributed by atoms with Gasteiger partial charge in [-0.05, 0) is 31.0 Å². The molecule has 1 aromatic rings. The van der Waals surface area contributed by atoms with Crippen LogP contribution in [-0.4, -0.2) is 50.0 Å². The third kappa shape index (κ3) is 3.98. The molecule has 2 atom stereocenters. The van der Waals surface area contributed by atoms with Gasteiger partial charge in [0.1, 0.15) is 0 Å². The van der Waals surface area contributed by atoms with Crippen LogP contribution in [0.15, 0.2) is 29.2 Å². The molecule has 1 N–H and O–H groups in total. The van der Waals surface area contributed by atoms with Gasteiger partial charge in [-0.3, -0.25) is 4.90 Å². The van der Waals surface area contributed by atoms with E-state index in [0.29, 0.717) is 12.1 Å². The zero-order valence-electron chi connectivity index (χ0n) is 12.9. The van der Waals surface area contributed by atoms with Crippen molar-refractivity contribution in [3.05, 3.63) is 29.8 Å². The molecule has 112 valence electrons. The summed E-state index contributed by atoms with van der Waals surface area (Å²) in [5.41, 5.74) is 1.35.